The molecule has 0 saturated carbocycles. The number of pyridine rings is 1. The Balaban J connectivity index is 1.33. The van der Waals surface area contributed by atoms with Crippen molar-refractivity contribution in [3.05, 3.63) is 156 Å². The van der Waals surface area contributed by atoms with Crippen molar-refractivity contribution < 1.29 is 38.6 Å². The molecular formula is C50H52N4O8. The van der Waals surface area contributed by atoms with Gasteiger partial charge in [-0.05, 0) is 89.8 Å². The molecule has 2 aliphatic rings. The number of benzene rings is 4. The Morgan fingerprint density at radius 2 is 1.32 bits per heavy atom. The van der Waals surface area contributed by atoms with Crippen LogP contribution < -0.4 is 20.7 Å². The molecule has 2 aliphatic heterocycles. The molecule has 7 rings (SSSR count). The average Bonchev–Trinajstić information content (AvgIpc) is 3.29. The second kappa shape index (κ2) is 22.6. The number of Topliss-reactive ketones (excluding diaryl/α,β-unsaturated/α-hetero) is 2. The molecule has 12 nitrogen and oxygen atoms in total. The fraction of sp³-hybridized carbons (Fsp3) is 0.300. The lowest BCUT2D eigenvalue weighted by Crippen LogP contribution is -2.54. The van der Waals surface area contributed by atoms with Gasteiger partial charge in [0.2, 0.25) is 17.7 Å². The van der Waals surface area contributed by atoms with Crippen LogP contribution in [0, 0.1) is 11.8 Å². The summed E-state index contributed by atoms with van der Waals surface area (Å²) in [5.41, 5.74) is 5.22. The van der Waals surface area contributed by atoms with E-state index in [2.05, 4.69) is 20.9 Å². The third-order valence-electron chi connectivity index (χ3n) is 11.0. The molecule has 1 aromatic heterocycles. The molecule has 0 spiro atoms. The van der Waals surface area contributed by atoms with Gasteiger partial charge in [0.25, 0.3) is 0 Å². The van der Waals surface area contributed by atoms with Gasteiger partial charge >= 0.3 is 5.97 Å². The molecule has 0 radical (unpaired) electrons. The molecule has 0 saturated heterocycles. The van der Waals surface area contributed by atoms with E-state index in [-0.39, 0.29) is 76.1 Å². The lowest BCUT2D eigenvalue weighted by molar-refractivity contribution is -0.137. The second-order valence-electron chi connectivity index (χ2n) is 15.7. The van der Waals surface area contributed by atoms with Crippen LogP contribution in [-0.4, -0.2) is 70.6 Å². The summed E-state index contributed by atoms with van der Waals surface area (Å²) < 4.78 is 5.85. The number of aromatic nitrogens is 1. The number of nitrogens with one attached hydrogen (secondary N) is 3. The Labute approximate surface area is 361 Å². The fourth-order valence-electron chi connectivity index (χ4n) is 7.54. The van der Waals surface area contributed by atoms with Gasteiger partial charge in [-0.2, -0.15) is 0 Å². The molecule has 62 heavy (non-hydrogen) atoms. The molecule has 320 valence electrons. The van der Waals surface area contributed by atoms with E-state index in [1.54, 1.807) is 48.8 Å². The average molecular weight is 837 g/mol. The topological polar surface area (TPSA) is 181 Å². The first-order valence-corrected chi connectivity index (χ1v) is 21.0. The third-order valence-corrected chi connectivity index (χ3v) is 11.0. The van der Waals surface area contributed by atoms with Crippen molar-refractivity contribution in [1.82, 2.24) is 20.9 Å². The maximum atomic E-state index is 14.6. The summed E-state index contributed by atoms with van der Waals surface area (Å²) in [5, 5.41) is 17.8. The van der Waals surface area contributed by atoms with Crippen molar-refractivity contribution in [2.45, 2.75) is 69.9 Å². The van der Waals surface area contributed by atoms with Gasteiger partial charge in [-0.25, -0.2) is 0 Å². The molecule has 12 heteroatoms. The van der Waals surface area contributed by atoms with Crippen LogP contribution in [-0.2, 0) is 54.5 Å². The van der Waals surface area contributed by atoms with Gasteiger partial charge in [0, 0.05) is 56.5 Å². The van der Waals surface area contributed by atoms with Crippen LogP contribution in [0.4, 0.5) is 0 Å². The van der Waals surface area contributed by atoms with Gasteiger partial charge in [0.1, 0.15) is 18.4 Å². The molecule has 4 atom stereocenters. The van der Waals surface area contributed by atoms with Crippen LogP contribution >= 0.6 is 0 Å². The second-order valence-corrected chi connectivity index (χ2v) is 15.7. The highest BCUT2D eigenvalue weighted by molar-refractivity contribution is 5.96. The first kappa shape index (κ1) is 44.6. The Morgan fingerprint density at radius 3 is 2.02 bits per heavy atom. The van der Waals surface area contributed by atoms with Crippen LogP contribution in [0.2, 0.25) is 0 Å². The first-order valence-electron chi connectivity index (χ1n) is 21.0. The number of ether oxygens (including phenoxy) is 1. The number of carbonyl (C=O) groups is 6. The van der Waals surface area contributed by atoms with Crippen molar-refractivity contribution in [1.29, 1.82) is 0 Å². The highest BCUT2D eigenvalue weighted by atomic mass is 16.5. The minimum Gasteiger partial charge on any atom is -0.486 e. The SMILES string of the molecule is O=C(O)CCCNC(=O)[C@H]1CC(=O)[C@H](CCc2ccccc2)NC(=O)[C@@H](Cc2ccc(-c3ccccc3)cc2)NC(=O)[C@H](Cc2ccncc2)CC(=O)COc2ccc(cc2)C1. The zero-order valence-electron chi connectivity index (χ0n) is 34.5. The van der Waals surface area contributed by atoms with E-state index in [9.17, 15) is 28.8 Å². The van der Waals surface area contributed by atoms with Crippen LogP contribution in [0.3, 0.4) is 0 Å². The minimum atomic E-state index is -1.14. The standard InChI is InChI=1S/C50H52N4O8/c55-42-31-40(29-37-23-26-51-27-24-37)49(60)54-45(30-36-13-18-39(19-14-36)38-10-5-2-6-11-38)50(61)53-44(22-17-34-8-3-1-4-9-34)46(56)32-41(48(59)52-25-7-12-47(57)58)28-35-15-20-43(21-16-35)62-33-42/h1-6,8-11,13-16,18-21,23-24,26-27,40-41,44-45H,7,12,17,22,25,28-33H2,(H,52,59)(H,53,61)(H,54,60)(H,57,58)/t40-,41-,44+,45-/m1/s1. The number of amides is 3. The Morgan fingerprint density at radius 1 is 0.677 bits per heavy atom. The van der Waals surface area contributed by atoms with E-state index >= 15 is 0 Å². The number of rotatable bonds is 13. The number of carbonyl (C=O) groups excluding carboxylic acids is 5. The van der Waals surface area contributed by atoms with Crippen LogP contribution in [0.25, 0.3) is 11.1 Å². The Kier molecular flexibility index (Phi) is 16.3. The molecule has 3 amide bonds. The number of ketones is 2. The summed E-state index contributed by atoms with van der Waals surface area (Å²) in [6.45, 7) is -0.184. The van der Waals surface area contributed by atoms with Gasteiger partial charge in [0.05, 0.1) is 6.04 Å². The lowest BCUT2D eigenvalue weighted by Gasteiger charge is -2.26. The van der Waals surface area contributed by atoms with Gasteiger partial charge in [-0.15, -0.1) is 0 Å². The van der Waals surface area contributed by atoms with Crippen molar-refractivity contribution in [3.8, 4) is 16.9 Å². The number of nitrogens with zero attached hydrogens (tertiary/aromatic N) is 1. The van der Waals surface area contributed by atoms with E-state index in [0.29, 0.717) is 12.2 Å². The predicted molar refractivity (Wildman–Crippen MR) is 234 cm³/mol. The quantitative estimate of drug-likeness (QED) is 0.105. The Hall–Kier alpha value is -6.95. The van der Waals surface area contributed by atoms with Gasteiger partial charge in [-0.1, -0.05) is 97.1 Å². The third kappa shape index (κ3) is 13.8. The summed E-state index contributed by atoms with van der Waals surface area (Å²) in [7, 11) is 0. The maximum Gasteiger partial charge on any atom is 0.303 e. The summed E-state index contributed by atoms with van der Waals surface area (Å²) in [6, 6.07) is 35.3. The van der Waals surface area contributed by atoms with E-state index in [4.69, 9.17) is 9.84 Å². The van der Waals surface area contributed by atoms with E-state index in [0.717, 1.165) is 33.4 Å². The molecule has 0 aliphatic carbocycles. The lowest BCUT2D eigenvalue weighted by atomic mass is 9.89. The molecule has 2 bridgehead atoms. The summed E-state index contributed by atoms with van der Waals surface area (Å²) >= 11 is 0. The number of aliphatic carboxylic acids is 1. The maximum absolute atomic E-state index is 14.6. The largest absolute Gasteiger partial charge is 0.486 e. The summed E-state index contributed by atoms with van der Waals surface area (Å²) in [6.07, 6.45) is 4.06. The Bertz CT molecular complexity index is 2270. The zero-order chi connectivity index (χ0) is 43.7. The smallest absolute Gasteiger partial charge is 0.303 e. The minimum absolute atomic E-state index is 0.0840. The van der Waals surface area contributed by atoms with E-state index < -0.39 is 47.6 Å². The van der Waals surface area contributed by atoms with Crippen molar-refractivity contribution >= 4 is 35.3 Å². The van der Waals surface area contributed by atoms with Crippen molar-refractivity contribution in [3.63, 3.8) is 0 Å². The molecule has 3 heterocycles. The van der Waals surface area contributed by atoms with Crippen LogP contribution in [0.15, 0.2) is 134 Å². The fourth-order valence-corrected chi connectivity index (χ4v) is 7.54. The predicted octanol–water partition coefficient (Wildman–Crippen LogP) is 5.90. The monoisotopic (exact) mass is 836 g/mol. The van der Waals surface area contributed by atoms with E-state index in [1.165, 1.54) is 0 Å². The number of aryl methyl sites for hydroxylation is 1. The van der Waals surface area contributed by atoms with Gasteiger partial charge in [0.15, 0.2) is 11.6 Å². The van der Waals surface area contributed by atoms with E-state index in [1.807, 2.05) is 84.9 Å². The molecule has 0 unspecified atom stereocenters. The highest BCUT2D eigenvalue weighted by Gasteiger charge is 2.32. The highest BCUT2D eigenvalue weighted by Crippen LogP contribution is 2.23. The van der Waals surface area contributed by atoms with Crippen molar-refractivity contribution in [2.24, 2.45) is 11.8 Å². The normalized spacial score (nSPS) is 18.9. The number of fused-ring (bicyclic) bond motifs is 16. The number of hydrogen-bond acceptors (Lipinski definition) is 8. The van der Waals surface area contributed by atoms with Gasteiger partial charge < -0.3 is 25.8 Å². The number of carboxylic acid groups (broad SMARTS) is 1. The zero-order valence-corrected chi connectivity index (χ0v) is 34.5. The first-order chi connectivity index (χ1) is 30.1. The summed E-state index contributed by atoms with van der Waals surface area (Å²) in [4.78, 5) is 85.8. The number of hydrogen-bond donors (Lipinski definition) is 4. The van der Waals surface area contributed by atoms with Crippen LogP contribution in [0.1, 0.15) is 54.4 Å². The molecule has 0 fully saturated rings. The van der Waals surface area contributed by atoms with Gasteiger partial charge in [-0.3, -0.25) is 33.8 Å². The summed E-state index contributed by atoms with van der Waals surface area (Å²) in [5.74, 6) is -4.48. The molecule has 5 aromatic rings. The molecular weight excluding hydrogens is 785 g/mol. The van der Waals surface area contributed by atoms with Crippen molar-refractivity contribution in [2.75, 3.05) is 13.2 Å². The molecule has 4 N–H and O–H groups in total. The number of carboxylic acids is 1. The molecule has 4 aromatic carbocycles. The van der Waals surface area contributed by atoms with Crippen LogP contribution in [0.5, 0.6) is 5.75 Å².